The number of nitrogens with one attached hydrogen (secondary N) is 1. The number of rotatable bonds is 5. The number of sulfonamides is 1. The predicted molar refractivity (Wildman–Crippen MR) is 91.6 cm³/mol. The van der Waals surface area contributed by atoms with Gasteiger partial charge in [-0.3, -0.25) is 0 Å². The largest absolute Gasteiger partial charge is 0.465 e. The number of ether oxygens (including phenoxy) is 1. The molecule has 0 spiro atoms. The third-order valence-corrected chi connectivity index (χ3v) is 5.88. The number of hydrogen-bond acceptors (Lipinski definition) is 5. The minimum atomic E-state index is -3.80. The Hall–Kier alpha value is -2.22. The number of aliphatic hydroxyl groups is 1. The smallest absolute Gasteiger partial charge is 0.337 e. The standard InChI is InChI=1S/C18H19NO5S/c1-24-17(20)14-6-8-15(9-7-14)25(22,23)19-12-18(21)11-10-13-4-2-3-5-16(13)18/h2-9,19,21H,10-12H2,1H3/t18-/m0/s1. The summed E-state index contributed by atoms with van der Waals surface area (Å²) in [7, 11) is -2.54. The second-order valence-corrected chi connectivity index (χ2v) is 7.80. The predicted octanol–water partition coefficient (Wildman–Crippen LogP) is 1.59. The van der Waals surface area contributed by atoms with Crippen LogP contribution in [-0.4, -0.2) is 33.1 Å². The molecule has 3 rings (SSSR count). The first-order valence-corrected chi connectivity index (χ1v) is 9.33. The minimum Gasteiger partial charge on any atom is -0.465 e. The number of hydrogen-bond donors (Lipinski definition) is 2. The van der Waals surface area contributed by atoms with Gasteiger partial charge < -0.3 is 9.84 Å². The minimum absolute atomic E-state index is 0.0232. The molecule has 6 nitrogen and oxygen atoms in total. The molecule has 0 unspecified atom stereocenters. The number of aryl methyl sites for hydroxylation is 1. The van der Waals surface area contributed by atoms with E-state index in [9.17, 15) is 18.3 Å². The van der Waals surface area contributed by atoms with Gasteiger partial charge in [0.2, 0.25) is 10.0 Å². The monoisotopic (exact) mass is 361 g/mol. The second kappa shape index (κ2) is 6.59. The second-order valence-electron chi connectivity index (χ2n) is 6.03. The highest BCUT2D eigenvalue weighted by Gasteiger charge is 2.37. The molecule has 132 valence electrons. The Kier molecular flexibility index (Phi) is 4.64. The zero-order valence-electron chi connectivity index (χ0n) is 13.7. The lowest BCUT2D eigenvalue weighted by Crippen LogP contribution is -2.39. The highest BCUT2D eigenvalue weighted by Crippen LogP contribution is 2.36. The van der Waals surface area contributed by atoms with Crippen LogP contribution in [-0.2, 0) is 26.8 Å². The zero-order valence-corrected chi connectivity index (χ0v) is 14.5. The summed E-state index contributed by atoms with van der Waals surface area (Å²) in [5.74, 6) is -0.534. The number of carbonyl (C=O) groups is 1. The van der Waals surface area contributed by atoms with Gasteiger partial charge in [0.05, 0.1) is 17.6 Å². The molecule has 7 heteroatoms. The van der Waals surface area contributed by atoms with Gasteiger partial charge in [-0.15, -0.1) is 0 Å². The van der Waals surface area contributed by atoms with Crippen LogP contribution in [0, 0.1) is 0 Å². The average molecular weight is 361 g/mol. The van der Waals surface area contributed by atoms with Gasteiger partial charge in [0, 0.05) is 6.54 Å². The molecule has 0 aliphatic heterocycles. The van der Waals surface area contributed by atoms with Crippen LogP contribution in [0.2, 0.25) is 0 Å². The van der Waals surface area contributed by atoms with Crippen LogP contribution < -0.4 is 4.72 Å². The quantitative estimate of drug-likeness (QED) is 0.789. The lowest BCUT2D eigenvalue weighted by molar-refractivity contribution is 0.0442. The van der Waals surface area contributed by atoms with Gasteiger partial charge >= 0.3 is 5.97 Å². The van der Waals surface area contributed by atoms with E-state index in [1.807, 2.05) is 24.3 Å². The molecular weight excluding hydrogens is 342 g/mol. The SMILES string of the molecule is COC(=O)c1ccc(S(=O)(=O)NC[C@@]2(O)CCc3ccccc32)cc1. The maximum absolute atomic E-state index is 12.5. The molecule has 2 N–H and O–H groups in total. The molecule has 2 aromatic rings. The van der Waals surface area contributed by atoms with Crippen molar-refractivity contribution in [1.29, 1.82) is 0 Å². The lowest BCUT2D eigenvalue weighted by Gasteiger charge is -2.24. The summed E-state index contributed by atoms with van der Waals surface area (Å²) in [6.07, 6.45) is 1.18. The van der Waals surface area contributed by atoms with Crippen molar-refractivity contribution < 1.29 is 23.1 Å². The van der Waals surface area contributed by atoms with Gasteiger partial charge in [-0.2, -0.15) is 0 Å². The van der Waals surface area contributed by atoms with Gasteiger partial charge in [0.15, 0.2) is 0 Å². The molecule has 0 fully saturated rings. The topological polar surface area (TPSA) is 92.7 Å². The molecule has 1 aliphatic rings. The van der Waals surface area contributed by atoms with Crippen molar-refractivity contribution in [2.45, 2.75) is 23.3 Å². The third-order valence-electron chi connectivity index (χ3n) is 4.47. The van der Waals surface area contributed by atoms with Gasteiger partial charge in [-0.1, -0.05) is 24.3 Å². The Morgan fingerprint density at radius 3 is 2.56 bits per heavy atom. The van der Waals surface area contributed by atoms with Crippen LogP contribution in [0.15, 0.2) is 53.4 Å². The summed E-state index contributed by atoms with van der Waals surface area (Å²) in [4.78, 5) is 11.4. The van der Waals surface area contributed by atoms with Crippen LogP contribution in [0.25, 0.3) is 0 Å². The van der Waals surface area contributed by atoms with Gasteiger partial charge in [0.1, 0.15) is 5.60 Å². The summed E-state index contributed by atoms with van der Waals surface area (Å²) < 4.78 is 32.0. The van der Waals surface area contributed by atoms with E-state index in [4.69, 9.17) is 0 Å². The number of esters is 1. The van der Waals surface area contributed by atoms with Crippen LogP contribution in [0.1, 0.15) is 27.9 Å². The van der Waals surface area contributed by atoms with Crippen molar-refractivity contribution in [3.63, 3.8) is 0 Å². The molecule has 0 aromatic heterocycles. The Balaban J connectivity index is 1.75. The van der Waals surface area contributed by atoms with Gasteiger partial charge in [0.25, 0.3) is 0 Å². The molecule has 1 atom stereocenters. The molecule has 0 bridgehead atoms. The first kappa shape index (κ1) is 17.6. The molecule has 0 saturated carbocycles. The van der Waals surface area contributed by atoms with Crippen LogP contribution in [0.4, 0.5) is 0 Å². The van der Waals surface area contributed by atoms with E-state index in [1.54, 1.807) is 0 Å². The Morgan fingerprint density at radius 1 is 1.20 bits per heavy atom. The average Bonchev–Trinajstić information content (AvgIpc) is 2.97. The Labute approximate surface area is 146 Å². The summed E-state index contributed by atoms with van der Waals surface area (Å²) in [6.45, 7) is -0.106. The molecule has 0 amide bonds. The number of methoxy groups -OCH3 is 1. The first-order chi connectivity index (χ1) is 11.9. The highest BCUT2D eigenvalue weighted by molar-refractivity contribution is 7.89. The van der Waals surface area contributed by atoms with Crippen molar-refractivity contribution in [2.75, 3.05) is 13.7 Å². The fraction of sp³-hybridized carbons (Fsp3) is 0.278. The molecule has 25 heavy (non-hydrogen) atoms. The number of carbonyl (C=O) groups excluding carboxylic acids is 1. The Bertz CT molecular complexity index is 892. The van der Waals surface area contributed by atoms with E-state index in [-0.39, 0.29) is 17.0 Å². The highest BCUT2D eigenvalue weighted by atomic mass is 32.2. The zero-order chi connectivity index (χ0) is 18.1. The Morgan fingerprint density at radius 2 is 1.88 bits per heavy atom. The van der Waals surface area contributed by atoms with Crippen LogP contribution >= 0.6 is 0 Å². The van der Waals surface area contributed by atoms with Crippen molar-refractivity contribution in [1.82, 2.24) is 4.72 Å². The third kappa shape index (κ3) is 3.44. The van der Waals surface area contributed by atoms with Crippen molar-refractivity contribution in [3.05, 3.63) is 65.2 Å². The summed E-state index contributed by atoms with van der Waals surface area (Å²) in [5.41, 5.74) is 0.852. The summed E-state index contributed by atoms with van der Waals surface area (Å²) in [6, 6.07) is 12.9. The lowest BCUT2D eigenvalue weighted by atomic mass is 9.96. The first-order valence-electron chi connectivity index (χ1n) is 7.84. The van der Waals surface area contributed by atoms with E-state index in [1.165, 1.54) is 31.4 Å². The van der Waals surface area contributed by atoms with Crippen LogP contribution in [0.5, 0.6) is 0 Å². The summed E-state index contributed by atoms with van der Waals surface area (Å²) >= 11 is 0. The fourth-order valence-electron chi connectivity index (χ4n) is 3.04. The number of benzene rings is 2. The molecule has 0 heterocycles. The molecule has 1 aliphatic carbocycles. The summed E-state index contributed by atoms with van der Waals surface area (Å²) in [5, 5.41) is 10.8. The molecule has 0 radical (unpaired) electrons. The van der Waals surface area contributed by atoms with Crippen molar-refractivity contribution in [2.24, 2.45) is 0 Å². The molecule has 0 saturated heterocycles. The van der Waals surface area contributed by atoms with Crippen molar-refractivity contribution >= 4 is 16.0 Å². The normalized spacial score (nSPS) is 19.4. The van der Waals surface area contributed by atoms with E-state index in [0.717, 1.165) is 11.1 Å². The van der Waals surface area contributed by atoms with E-state index >= 15 is 0 Å². The number of fused-ring (bicyclic) bond motifs is 1. The fourth-order valence-corrected chi connectivity index (χ4v) is 4.13. The van der Waals surface area contributed by atoms with Crippen molar-refractivity contribution in [3.8, 4) is 0 Å². The molecule has 2 aromatic carbocycles. The maximum atomic E-state index is 12.5. The van der Waals surface area contributed by atoms with E-state index < -0.39 is 21.6 Å². The van der Waals surface area contributed by atoms with Crippen LogP contribution in [0.3, 0.4) is 0 Å². The van der Waals surface area contributed by atoms with E-state index in [2.05, 4.69) is 9.46 Å². The van der Waals surface area contributed by atoms with E-state index in [0.29, 0.717) is 12.8 Å². The molecular formula is C18H19NO5S. The van der Waals surface area contributed by atoms with Gasteiger partial charge in [-0.25, -0.2) is 17.9 Å². The maximum Gasteiger partial charge on any atom is 0.337 e. The van der Waals surface area contributed by atoms with Gasteiger partial charge in [-0.05, 0) is 48.2 Å².